The van der Waals surface area contributed by atoms with E-state index in [1.54, 1.807) is 11.3 Å². The summed E-state index contributed by atoms with van der Waals surface area (Å²) in [7, 11) is 0. The molecule has 0 radical (unpaired) electrons. The number of para-hydroxylation sites is 4. The first kappa shape index (κ1) is 27.5. The first-order chi connectivity index (χ1) is 24.2. The Kier molecular flexibility index (Phi) is 5.84. The lowest BCUT2D eigenvalue weighted by atomic mass is 10.0. The number of hydrogen-bond donors (Lipinski definition) is 0. The molecule has 49 heavy (non-hydrogen) atoms. The number of rotatable bonds is 3. The lowest BCUT2D eigenvalue weighted by Crippen LogP contribution is -2.01. The zero-order chi connectivity index (χ0) is 32.6. The van der Waals surface area contributed by atoms with Crippen LogP contribution in [0.15, 0.2) is 146 Å². The highest BCUT2D eigenvalue weighted by atomic mass is 32.1. The van der Waals surface area contributed by atoms with E-state index in [1.165, 1.54) is 31.1 Å². The molecule has 0 aliphatic heterocycles. The average Bonchev–Trinajstić information content (AvgIpc) is 3.82. The van der Waals surface area contributed by atoms with Gasteiger partial charge in [0.05, 0.1) is 56.3 Å². The topological polar surface area (TPSA) is 38.0 Å². The van der Waals surface area contributed by atoms with E-state index in [4.69, 9.17) is 6.57 Å². The molecule has 3 heterocycles. The molecule has 0 saturated heterocycles. The molecule has 4 nitrogen and oxygen atoms in total. The van der Waals surface area contributed by atoms with E-state index < -0.39 is 0 Å². The second-order valence-electron chi connectivity index (χ2n) is 12.3. The van der Waals surface area contributed by atoms with E-state index in [1.807, 2.05) is 24.3 Å². The second kappa shape index (κ2) is 10.4. The van der Waals surface area contributed by atoms with Gasteiger partial charge in [-0.25, -0.2) is 4.85 Å². The third-order valence-corrected chi connectivity index (χ3v) is 11.0. The van der Waals surface area contributed by atoms with Gasteiger partial charge in [0.2, 0.25) is 0 Å². The van der Waals surface area contributed by atoms with Gasteiger partial charge in [0.15, 0.2) is 5.69 Å². The van der Waals surface area contributed by atoms with Crippen LogP contribution >= 0.6 is 11.3 Å². The van der Waals surface area contributed by atoms with E-state index in [9.17, 15) is 5.26 Å². The standard InChI is InChI=1S/C44H24N4S/c1-46-28-19-23-42-36(25-28)34-21-20-33-31-12-4-9-17-40(31)48(43(33)44(34)49-42)39-16-8-3-11-30(39)29-10-2-6-14-37(29)47-38-15-7-5-13-32(38)35-24-27(26-45)18-22-41(35)47/h2-25H. The maximum Gasteiger partial charge on any atom is 0.187 e. The summed E-state index contributed by atoms with van der Waals surface area (Å²) < 4.78 is 7.17. The van der Waals surface area contributed by atoms with Crippen molar-refractivity contribution in [1.29, 1.82) is 5.26 Å². The van der Waals surface area contributed by atoms with Crippen LogP contribution in [-0.2, 0) is 0 Å². The summed E-state index contributed by atoms with van der Waals surface area (Å²) in [5.41, 5.74) is 10.2. The van der Waals surface area contributed by atoms with Crippen molar-refractivity contribution in [1.82, 2.24) is 9.13 Å². The number of fused-ring (bicyclic) bond motifs is 10. The van der Waals surface area contributed by atoms with Crippen LogP contribution in [0.3, 0.4) is 0 Å². The Hall–Kier alpha value is -6.66. The molecule has 10 aromatic rings. The molecule has 0 saturated carbocycles. The van der Waals surface area contributed by atoms with E-state index in [2.05, 4.69) is 141 Å². The van der Waals surface area contributed by atoms with Crippen LogP contribution in [0.5, 0.6) is 0 Å². The smallest absolute Gasteiger partial charge is 0.187 e. The van der Waals surface area contributed by atoms with Crippen molar-refractivity contribution in [3.8, 4) is 28.6 Å². The zero-order valence-electron chi connectivity index (χ0n) is 26.1. The van der Waals surface area contributed by atoms with Crippen LogP contribution in [0, 0.1) is 17.9 Å². The Morgan fingerprint density at radius 2 is 1.14 bits per heavy atom. The van der Waals surface area contributed by atoms with E-state index in [0.29, 0.717) is 11.3 Å². The highest BCUT2D eigenvalue weighted by Gasteiger charge is 2.22. The fourth-order valence-corrected chi connectivity index (χ4v) is 8.91. The van der Waals surface area contributed by atoms with Crippen molar-refractivity contribution in [2.75, 3.05) is 0 Å². The molecule has 0 amide bonds. The number of thiophene rings is 1. The summed E-state index contributed by atoms with van der Waals surface area (Å²) in [6.07, 6.45) is 0. The van der Waals surface area contributed by atoms with Crippen LogP contribution in [-0.4, -0.2) is 9.13 Å². The molecule has 0 unspecified atom stereocenters. The normalized spacial score (nSPS) is 11.6. The summed E-state index contributed by atoms with van der Waals surface area (Å²) >= 11 is 1.79. The third-order valence-electron chi connectivity index (χ3n) is 9.77. The van der Waals surface area contributed by atoms with Crippen molar-refractivity contribution < 1.29 is 0 Å². The van der Waals surface area contributed by atoms with Gasteiger partial charge in [-0.05, 0) is 53.9 Å². The predicted molar refractivity (Wildman–Crippen MR) is 204 cm³/mol. The van der Waals surface area contributed by atoms with Crippen molar-refractivity contribution >= 4 is 80.8 Å². The molecular formula is C44H24N4S. The molecule has 0 fully saturated rings. The first-order valence-corrected chi connectivity index (χ1v) is 16.9. The Bertz CT molecular complexity index is 3090. The maximum atomic E-state index is 9.72. The van der Waals surface area contributed by atoms with Gasteiger partial charge < -0.3 is 9.13 Å². The van der Waals surface area contributed by atoms with E-state index >= 15 is 0 Å². The average molecular weight is 641 g/mol. The molecule has 7 aromatic carbocycles. The number of aromatic nitrogens is 2. The van der Waals surface area contributed by atoms with Crippen LogP contribution in [0.4, 0.5) is 5.69 Å². The Morgan fingerprint density at radius 3 is 1.88 bits per heavy atom. The number of hydrogen-bond acceptors (Lipinski definition) is 2. The van der Waals surface area contributed by atoms with Gasteiger partial charge in [-0.3, -0.25) is 0 Å². The van der Waals surface area contributed by atoms with Gasteiger partial charge in [0.25, 0.3) is 0 Å². The minimum Gasteiger partial charge on any atom is -0.309 e. The van der Waals surface area contributed by atoms with Gasteiger partial charge in [-0.2, -0.15) is 5.26 Å². The molecule has 0 N–H and O–H groups in total. The molecule has 0 bridgehead atoms. The van der Waals surface area contributed by atoms with Crippen molar-refractivity contribution in [3.63, 3.8) is 0 Å². The number of nitrogens with zero attached hydrogens (tertiary/aromatic N) is 4. The third kappa shape index (κ3) is 3.88. The fraction of sp³-hybridized carbons (Fsp3) is 0. The molecule has 3 aromatic heterocycles. The van der Waals surface area contributed by atoms with E-state index in [0.717, 1.165) is 55.2 Å². The van der Waals surface area contributed by atoms with Gasteiger partial charge in [0, 0.05) is 42.8 Å². The molecule has 10 rings (SSSR count). The van der Waals surface area contributed by atoms with Crippen LogP contribution in [0.2, 0.25) is 0 Å². The molecule has 226 valence electrons. The molecule has 0 aliphatic carbocycles. The highest BCUT2D eigenvalue weighted by Crippen LogP contribution is 2.46. The maximum absolute atomic E-state index is 9.72. The molecule has 0 atom stereocenters. The predicted octanol–water partition coefficient (Wildman–Crippen LogP) is 12.3. The molecule has 0 aliphatic rings. The lowest BCUT2D eigenvalue weighted by Gasteiger charge is -2.18. The second-order valence-corrected chi connectivity index (χ2v) is 13.4. The van der Waals surface area contributed by atoms with E-state index in [-0.39, 0.29) is 0 Å². The van der Waals surface area contributed by atoms with Crippen LogP contribution < -0.4 is 0 Å². The fourth-order valence-electron chi connectivity index (χ4n) is 7.68. The van der Waals surface area contributed by atoms with Gasteiger partial charge in [-0.1, -0.05) is 97.1 Å². The number of nitriles is 1. The van der Waals surface area contributed by atoms with Gasteiger partial charge >= 0.3 is 0 Å². The summed E-state index contributed by atoms with van der Waals surface area (Å²) in [5, 5.41) is 16.6. The Labute approximate surface area is 285 Å². The summed E-state index contributed by atoms with van der Waals surface area (Å²) in [5.74, 6) is 0. The largest absolute Gasteiger partial charge is 0.309 e. The monoisotopic (exact) mass is 640 g/mol. The quantitative estimate of drug-likeness (QED) is 0.177. The zero-order valence-corrected chi connectivity index (χ0v) is 26.9. The van der Waals surface area contributed by atoms with Crippen molar-refractivity contribution in [3.05, 3.63) is 163 Å². The highest BCUT2D eigenvalue weighted by molar-refractivity contribution is 7.26. The Balaban J connectivity index is 1.31. The molecule has 0 spiro atoms. The molecular weight excluding hydrogens is 617 g/mol. The van der Waals surface area contributed by atoms with Crippen LogP contribution in [0.25, 0.3) is 91.1 Å². The lowest BCUT2D eigenvalue weighted by molar-refractivity contribution is 1.16. The first-order valence-electron chi connectivity index (χ1n) is 16.1. The summed E-state index contributed by atoms with van der Waals surface area (Å²) in [6.45, 7) is 7.62. The van der Waals surface area contributed by atoms with Crippen LogP contribution in [0.1, 0.15) is 5.56 Å². The van der Waals surface area contributed by atoms with Gasteiger partial charge in [0.1, 0.15) is 0 Å². The van der Waals surface area contributed by atoms with Crippen molar-refractivity contribution in [2.45, 2.75) is 0 Å². The van der Waals surface area contributed by atoms with Crippen molar-refractivity contribution in [2.24, 2.45) is 0 Å². The minimum atomic E-state index is 0.651. The summed E-state index contributed by atoms with van der Waals surface area (Å²) in [4.78, 5) is 3.72. The van der Waals surface area contributed by atoms with Gasteiger partial charge in [-0.15, -0.1) is 11.3 Å². The number of benzene rings is 7. The Morgan fingerprint density at radius 1 is 0.531 bits per heavy atom. The molecule has 5 heteroatoms. The SMILES string of the molecule is [C-]#[N+]c1ccc2sc3c(ccc4c5ccccc5n(-c5ccccc5-c5ccccc5-n5c6ccccc6c6cc(C#N)ccc65)c43)c2c1. The summed E-state index contributed by atoms with van der Waals surface area (Å²) in [6, 6.07) is 53.2. The minimum absolute atomic E-state index is 0.651.